The molecule has 0 saturated carbocycles. The van der Waals surface area contributed by atoms with Crippen molar-refractivity contribution in [2.24, 2.45) is 0 Å². The van der Waals surface area contributed by atoms with Crippen LogP contribution in [0.4, 0.5) is 21.0 Å². The Balaban J connectivity index is 2.36. The Morgan fingerprint density at radius 3 is 1.82 bits per heavy atom. The van der Waals surface area contributed by atoms with E-state index in [0.29, 0.717) is 24.6 Å². The predicted octanol–water partition coefficient (Wildman–Crippen LogP) is 11.8. The molecule has 2 amide bonds. The number of carbonyl (C=O) groups is 2. The van der Waals surface area contributed by atoms with E-state index in [4.69, 9.17) is 22.4 Å². The third kappa shape index (κ3) is 24.2. The fraction of sp³-hybridized carbons (Fsp3) is 0.784. The Kier molecular flexibility index (Phi) is 22.6. The summed E-state index contributed by atoms with van der Waals surface area (Å²) in [4.78, 5) is 25.1. The molecule has 0 aliphatic heterocycles. The summed E-state index contributed by atoms with van der Waals surface area (Å²) in [5.74, 6) is 0. The van der Waals surface area contributed by atoms with Gasteiger partial charge in [0.2, 0.25) is 0 Å². The van der Waals surface area contributed by atoms with Crippen molar-refractivity contribution in [1.29, 1.82) is 0 Å². The summed E-state index contributed by atoms with van der Waals surface area (Å²) in [6, 6.07) is 6.30. The number of anilines is 2. The largest absolute Gasteiger partial charge is 0.449 e. The SMILES string of the molecule is CCCCCCCCCCCCC(COC)OC(=O)Nc1ccc(NC(=O)OCCCCCC[Si](C)(O[Si](C)(C)C)O[Si](C)(C)C)cc1C. The summed E-state index contributed by atoms with van der Waals surface area (Å²) in [7, 11) is -3.95. The van der Waals surface area contributed by atoms with Crippen LogP contribution >= 0.6 is 0 Å². The molecule has 0 aromatic heterocycles. The molecule has 1 aromatic carbocycles. The van der Waals surface area contributed by atoms with Crippen molar-refractivity contribution < 1.29 is 32.0 Å². The summed E-state index contributed by atoms with van der Waals surface area (Å²) >= 11 is 0. The van der Waals surface area contributed by atoms with Gasteiger partial charge in [0.1, 0.15) is 6.10 Å². The summed E-state index contributed by atoms with van der Waals surface area (Å²) in [6.07, 6.45) is 16.1. The first-order chi connectivity index (χ1) is 23.1. The molecule has 1 unspecified atom stereocenters. The first-order valence-electron chi connectivity index (χ1n) is 19.0. The van der Waals surface area contributed by atoms with Crippen LogP contribution in [-0.4, -0.2) is 63.8 Å². The van der Waals surface area contributed by atoms with Crippen molar-refractivity contribution in [3.05, 3.63) is 23.8 Å². The van der Waals surface area contributed by atoms with Gasteiger partial charge in [0.25, 0.3) is 0 Å². The van der Waals surface area contributed by atoms with Gasteiger partial charge in [-0.25, -0.2) is 9.59 Å². The molecule has 0 bridgehead atoms. The molecule has 1 rings (SSSR count). The van der Waals surface area contributed by atoms with E-state index in [0.717, 1.165) is 56.6 Å². The maximum Gasteiger partial charge on any atom is 0.411 e. The Hall–Kier alpha value is -1.71. The minimum atomic E-state index is -2.20. The van der Waals surface area contributed by atoms with Crippen molar-refractivity contribution in [3.63, 3.8) is 0 Å². The van der Waals surface area contributed by atoms with Gasteiger partial charge in [-0.05, 0) is 102 Å². The second kappa shape index (κ2) is 24.5. The fourth-order valence-electron chi connectivity index (χ4n) is 6.03. The molecule has 0 fully saturated rings. The topological polar surface area (TPSA) is 104 Å². The fourth-order valence-corrected chi connectivity index (χ4v) is 18.6. The zero-order chi connectivity index (χ0) is 36.8. The molecule has 9 nitrogen and oxygen atoms in total. The second-order valence-electron chi connectivity index (χ2n) is 15.6. The quantitative estimate of drug-likeness (QED) is 0.0683. The van der Waals surface area contributed by atoms with Crippen LogP contribution in [0.1, 0.15) is 109 Å². The highest BCUT2D eigenvalue weighted by Gasteiger charge is 2.39. The maximum atomic E-state index is 12.7. The Morgan fingerprint density at radius 1 is 0.714 bits per heavy atom. The van der Waals surface area contributed by atoms with Gasteiger partial charge in [-0.15, -0.1) is 0 Å². The normalized spacial score (nSPS) is 12.9. The zero-order valence-electron chi connectivity index (χ0n) is 32.9. The molecule has 1 atom stereocenters. The monoisotopic (exact) mass is 740 g/mol. The molecule has 0 heterocycles. The van der Waals surface area contributed by atoms with Gasteiger partial charge in [-0.2, -0.15) is 0 Å². The highest BCUT2D eigenvalue weighted by molar-refractivity contribution is 6.87. The van der Waals surface area contributed by atoms with Crippen molar-refractivity contribution in [2.75, 3.05) is 31.0 Å². The number of unbranched alkanes of at least 4 members (excludes halogenated alkanes) is 12. The smallest absolute Gasteiger partial charge is 0.411 e. The van der Waals surface area contributed by atoms with E-state index in [2.05, 4.69) is 63.4 Å². The standard InChI is InChI=1S/C37H72N2O7Si3/c1-11-12-13-14-15-16-17-18-19-22-25-34(31-42-3)44-37(41)39-35-27-26-33(30-32(35)2)38-36(40)43-28-23-20-21-24-29-49(10,45-47(4,5)6)46-48(7,8)9/h26-27,30,34H,11-25,28-29,31H2,1-10H3,(H,38,40)(H,39,41). The minimum absolute atomic E-state index is 0.287. The van der Waals surface area contributed by atoms with Gasteiger partial charge in [0, 0.05) is 18.5 Å². The number of rotatable bonds is 27. The van der Waals surface area contributed by atoms with Crippen LogP contribution in [0.5, 0.6) is 0 Å². The summed E-state index contributed by atoms with van der Waals surface area (Å²) in [6.45, 7) is 20.5. The first-order valence-corrected chi connectivity index (χ1v) is 28.3. The maximum absolute atomic E-state index is 12.7. The third-order valence-corrected chi connectivity index (χ3v) is 17.6. The van der Waals surface area contributed by atoms with Crippen LogP contribution in [0, 0.1) is 6.92 Å². The van der Waals surface area contributed by atoms with E-state index >= 15 is 0 Å². The number of benzene rings is 1. The van der Waals surface area contributed by atoms with Crippen molar-refractivity contribution in [3.8, 4) is 0 Å². The predicted molar refractivity (Wildman–Crippen MR) is 212 cm³/mol. The van der Waals surface area contributed by atoms with Gasteiger partial charge in [-0.1, -0.05) is 84.0 Å². The number of hydrogen-bond donors (Lipinski definition) is 2. The van der Waals surface area contributed by atoms with Crippen molar-refractivity contribution >= 4 is 48.8 Å². The molecule has 284 valence electrons. The number of nitrogens with one attached hydrogen (secondary N) is 2. The van der Waals surface area contributed by atoms with Gasteiger partial charge in [0.15, 0.2) is 16.6 Å². The van der Waals surface area contributed by atoms with Crippen LogP contribution in [0.2, 0.25) is 51.9 Å². The molecule has 12 heteroatoms. The first kappa shape index (κ1) is 45.3. The molecule has 0 radical (unpaired) electrons. The number of hydrogen-bond acceptors (Lipinski definition) is 7. The van der Waals surface area contributed by atoms with Crippen LogP contribution in [0.25, 0.3) is 0 Å². The van der Waals surface area contributed by atoms with E-state index < -0.39 is 37.4 Å². The molecule has 0 aliphatic carbocycles. The molecular weight excluding hydrogens is 669 g/mol. The minimum Gasteiger partial charge on any atom is -0.449 e. The summed E-state index contributed by atoms with van der Waals surface area (Å²) in [5.41, 5.74) is 2.04. The molecule has 0 spiro atoms. The molecule has 1 aromatic rings. The van der Waals surface area contributed by atoms with E-state index in [9.17, 15) is 9.59 Å². The summed E-state index contributed by atoms with van der Waals surface area (Å²) < 4.78 is 29.6. The van der Waals surface area contributed by atoms with Gasteiger partial charge in [-0.3, -0.25) is 10.6 Å². The molecule has 2 N–H and O–H groups in total. The zero-order valence-corrected chi connectivity index (χ0v) is 35.9. The van der Waals surface area contributed by atoms with Crippen LogP contribution in [0.3, 0.4) is 0 Å². The second-order valence-corrected chi connectivity index (χ2v) is 28.4. The lowest BCUT2D eigenvalue weighted by atomic mass is 10.0. The Labute approximate surface area is 302 Å². The van der Waals surface area contributed by atoms with Crippen molar-refractivity contribution in [2.45, 2.75) is 168 Å². The van der Waals surface area contributed by atoms with E-state index in [-0.39, 0.29) is 6.10 Å². The number of amides is 2. The van der Waals surface area contributed by atoms with Crippen molar-refractivity contribution in [1.82, 2.24) is 0 Å². The van der Waals surface area contributed by atoms with Crippen LogP contribution in [-0.2, 0) is 22.4 Å². The third-order valence-electron chi connectivity index (χ3n) is 8.02. The lowest BCUT2D eigenvalue weighted by Gasteiger charge is -2.38. The Morgan fingerprint density at radius 2 is 1.27 bits per heavy atom. The molecule has 49 heavy (non-hydrogen) atoms. The summed E-state index contributed by atoms with van der Waals surface area (Å²) in [5, 5.41) is 5.63. The van der Waals surface area contributed by atoms with E-state index in [1.165, 1.54) is 51.4 Å². The number of carbonyl (C=O) groups excluding carboxylic acids is 2. The highest BCUT2D eigenvalue weighted by atomic mass is 28.5. The van der Waals surface area contributed by atoms with Gasteiger partial charge in [0.05, 0.1) is 13.2 Å². The number of methoxy groups -OCH3 is 1. The van der Waals surface area contributed by atoms with Gasteiger partial charge < -0.3 is 22.4 Å². The van der Waals surface area contributed by atoms with Crippen LogP contribution < -0.4 is 10.6 Å². The number of ether oxygens (including phenoxy) is 3. The molecule has 0 aliphatic rings. The average Bonchev–Trinajstić information content (AvgIpc) is 2.97. The lowest BCUT2D eigenvalue weighted by molar-refractivity contribution is 0.0403. The van der Waals surface area contributed by atoms with Crippen LogP contribution in [0.15, 0.2) is 18.2 Å². The van der Waals surface area contributed by atoms with E-state index in [1.807, 2.05) is 6.92 Å². The number of aryl methyl sites for hydroxylation is 1. The van der Waals surface area contributed by atoms with Gasteiger partial charge >= 0.3 is 20.7 Å². The lowest BCUT2D eigenvalue weighted by Crippen LogP contribution is -2.52. The highest BCUT2D eigenvalue weighted by Crippen LogP contribution is 2.27. The molecule has 0 saturated heterocycles. The Bertz CT molecular complexity index is 1050. The van der Waals surface area contributed by atoms with E-state index in [1.54, 1.807) is 25.3 Å². The molecular formula is C37H72N2O7Si3. The average molecular weight is 741 g/mol.